The van der Waals surface area contributed by atoms with Crippen LogP contribution >= 0.6 is 0 Å². The number of hydrogen-bond acceptors (Lipinski definition) is 9. The van der Waals surface area contributed by atoms with Gasteiger partial charge in [0.1, 0.15) is 17.5 Å². The predicted molar refractivity (Wildman–Crippen MR) is 167 cm³/mol. The Morgan fingerprint density at radius 1 is 1.12 bits per heavy atom. The van der Waals surface area contributed by atoms with Crippen molar-refractivity contribution in [1.82, 2.24) is 24.8 Å². The second-order valence-electron chi connectivity index (χ2n) is 11.5. The first-order valence-electron chi connectivity index (χ1n) is 14.7. The van der Waals surface area contributed by atoms with E-state index in [9.17, 15) is 13.2 Å². The molecule has 43 heavy (non-hydrogen) atoms. The zero-order valence-electron chi connectivity index (χ0n) is 24.4. The van der Waals surface area contributed by atoms with Gasteiger partial charge in [0.15, 0.2) is 9.84 Å². The van der Waals surface area contributed by atoms with Gasteiger partial charge in [-0.2, -0.15) is 4.98 Å². The Bertz CT molecular complexity index is 1830. The first-order chi connectivity index (χ1) is 20.7. The van der Waals surface area contributed by atoms with Crippen molar-refractivity contribution in [3.8, 4) is 5.75 Å². The van der Waals surface area contributed by atoms with Gasteiger partial charge in [0.05, 0.1) is 16.7 Å². The zero-order valence-corrected chi connectivity index (χ0v) is 25.2. The highest BCUT2D eigenvalue weighted by atomic mass is 32.2. The molecular weight excluding hydrogens is 564 g/mol. The number of hydrogen-bond donors (Lipinski definition) is 2. The maximum Gasteiger partial charge on any atom is 0.260 e. The number of benzene rings is 1. The summed E-state index contributed by atoms with van der Waals surface area (Å²) in [7, 11) is -3.64. The molecule has 1 aromatic carbocycles. The van der Waals surface area contributed by atoms with Crippen LogP contribution in [0.25, 0.3) is 16.6 Å². The van der Waals surface area contributed by atoms with E-state index >= 15 is 0 Å². The number of allylic oxidation sites excluding steroid dienone is 1. The molecule has 2 aliphatic rings. The Hall–Kier alpha value is -4.09. The van der Waals surface area contributed by atoms with Crippen LogP contribution in [0.3, 0.4) is 0 Å². The predicted octanol–water partition coefficient (Wildman–Crippen LogP) is 4.71. The molecule has 2 N–H and O–H groups in total. The number of aromatic nitrogens is 4. The van der Waals surface area contributed by atoms with E-state index in [-0.39, 0.29) is 29.0 Å². The molecule has 3 aromatic heterocycles. The number of sulfone groups is 1. The highest BCUT2D eigenvalue weighted by molar-refractivity contribution is 7.92. The molecule has 0 atom stereocenters. The first-order valence-corrected chi connectivity index (χ1v) is 16.3. The molecule has 1 aliphatic heterocycles. The molecule has 4 heterocycles. The van der Waals surface area contributed by atoms with Crippen LogP contribution in [-0.2, 0) is 16.4 Å². The van der Waals surface area contributed by atoms with Gasteiger partial charge in [-0.1, -0.05) is 6.58 Å². The third-order valence-corrected chi connectivity index (χ3v) is 10.3. The molecule has 0 bridgehead atoms. The monoisotopic (exact) mass is 600 g/mol. The Morgan fingerprint density at radius 2 is 1.86 bits per heavy atom. The lowest BCUT2D eigenvalue weighted by Crippen LogP contribution is -2.34. The van der Waals surface area contributed by atoms with E-state index in [1.807, 2.05) is 24.3 Å². The smallest absolute Gasteiger partial charge is 0.260 e. The number of piperidine rings is 1. The summed E-state index contributed by atoms with van der Waals surface area (Å²) in [6.45, 7) is 9.40. The van der Waals surface area contributed by atoms with Crippen molar-refractivity contribution < 1.29 is 13.2 Å². The zero-order chi connectivity index (χ0) is 30.1. The van der Waals surface area contributed by atoms with E-state index in [0.29, 0.717) is 28.1 Å². The molecule has 1 saturated carbocycles. The number of anilines is 2. The first kappa shape index (κ1) is 29.0. The molecule has 11 heteroatoms. The van der Waals surface area contributed by atoms with Crippen molar-refractivity contribution in [2.45, 2.75) is 62.3 Å². The van der Waals surface area contributed by atoms with Gasteiger partial charge in [-0.15, -0.1) is 0 Å². The summed E-state index contributed by atoms with van der Waals surface area (Å²) in [5.41, 5.74) is 2.66. The fraction of sp³-hybridized carbons (Fsp3) is 0.375. The maximum atomic E-state index is 14.0. The molecule has 0 amide bonds. The van der Waals surface area contributed by atoms with Crippen LogP contribution in [0.15, 0.2) is 71.3 Å². The van der Waals surface area contributed by atoms with Crippen molar-refractivity contribution in [1.29, 1.82) is 0 Å². The van der Waals surface area contributed by atoms with E-state index in [1.54, 1.807) is 32.2 Å². The normalized spacial score (nSPS) is 16.0. The number of pyridine rings is 2. The van der Waals surface area contributed by atoms with Gasteiger partial charge < -0.3 is 15.4 Å². The second kappa shape index (κ2) is 11.9. The van der Waals surface area contributed by atoms with Crippen molar-refractivity contribution in [2.24, 2.45) is 5.92 Å². The summed E-state index contributed by atoms with van der Waals surface area (Å²) in [4.78, 5) is 27.4. The Kier molecular flexibility index (Phi) is 8.02. The lowest BCUT2D eigenvalue weighted by atomic mass is 10.0. The highest BCUT2D eigenvalue weighted by Gasteiger charge is 2.29. The third-order valence-electron chi connectivity index (χ3n) is 8.07. The van der Waals surface area contributed by atoms with Crippen LogP contribution in [0.1, 0.15) is 50.7 Å². The average Bonchev–Trinajstić information content (AvgIpc) is 3.86. The van der Waals surface area contributed by atoms with Crippen LogP contribution in [0.2, 0.25) is 0 Å². The van der Waals surface area contributed by atoms with Crippen LogP contribution < -0.4 is 20.9 Å². The quantitative estimate of drug-likeness (QED) is 0.266. The molecule has 0 unspecified atom stereocenters. The highest BCUT2D eigenvalue weighted by Crippen LogP contribution is 2.40. The Labute approximate surface area is 251 Å². The van der Waals surface area contributed by atoms with E-state index in [1.165, 1.54) is 17.0 Å². The maximum absolute atomic E-state index is 14.0. The lowest BCUT2D eigenvalue weighted by Gasteiger charge is -2.23. The topological polar surface area (TPSA) is 128 Å². The SMILES string of the molecule is C=C(c1cc2cnc(Nc3ccc(OC4CCNCC4)cc3)nc2n(Cc2ccncc2S(=O)(=O)C(C)C)c1=O)C1CC1. The van der Waals surface area contributed by atoms with Crippen LogP contribution in [-0.4, -0.2) is 52.4 Å². The van der Waals surface area contributed by atoms with E-state index in [0.717, 1.165) is 55.8 Å². The summed E-state index contributed by atoms with van der Waals surface area (Å²) in [6, 6.07) is 11.1. The Balaban J connectivity index is 1.36. The van der Waals surface area contributed by atoms with E-state index in [2.05, 4.69) is 27.2 Å². The molecular formula is C32H36N6O4S. The number of nitrogens with one attached hydrogen (secondary N) is 2. The van der Waals surface area contributed by atoms with Crippen molar-refractivity contribution in [2.75, 3.05) is 18.4 Å². The number of nitrogens with zero attached hydrogens (tertiary/aromatic N) is 4. The number of rotatable bonds is 10. The van der Waals surface area contributed by atoms with Crippen LogP contribution in [0.4, 0.5) is 11.6 Å². The molecule has 1 saturated heterocycles. The van der Waals surface area contributed by atoms with Gasteiger partial charge in [0, 0.05) is 35.2 Å². The fourth-order valence-electron chi connectivity index (χ4n) is 5.32. The average molecular weight is 601 g/mol. The Morgan fingerprint density at radius 3 is 2.56 bits per heavy atom. The van der Waals surface area contributed by atoms with Crippen molar-refractivity contribution in [3.05, 3.63) is 83.0 Å². The molecule has 10 nitrogen and oxygen atoms in total. The van der Waals surface area contributed by atoms with Gasteiger partial charge in [0.25, 0.3) is 5.56 Å². The van der Waals surface area contributed by atoms with Gasteiger partial charge >= 0.3 is 0 Å². The molecule has 2 fully saturated rings. The second-order valence-corrected chi connectivity index (χ2v) is 14.0. The molecule has 0 spiro atoms. The van der Waals surface area contributed by atoms with Gasteiger partial charge in [-0.3, -0.25) is 14.3 Å². The summed E-state index contributed by atoms with van der Waals surface area (Å²) in [5, 5.41) is 6.59. The van der Waals surface area contributed by atoms with Crippen molar-refractivity contribution >= 4 is 38.1 Å². The molecule has 224 valence electrons. The summed E-state index contributed by atoms with van der Waals surface area (Å²) >= 11 is 0. The van der Waals surface area contributed by atoms with Gasteiger partial charge in [-0.05, 0) is 106 Å². The molecule has 1 aliphatic carbocycles. The standard InChI is InChI=1S/C32H36N6O4S/c1-20(2)43(40,41)29-18-34-13-10-23(29)19-38-30-24(16-28(31(38)39)21(3)22-4-5-22)17-35-32(37-30)36-25-6-8-26(9-7-25)42-27-11-14-33-15-12-27/h6-10,13,16-18,20,22,27,33H,3-5,11-12,14-15,19H2,1-2H3,(H,35,36,37). The van der Waals surface area contributed by atoms with Crippen LogP contribution in [0, 0.1) is 5.92 Å². The summed E-state index contributed by atoms with van der Waals surface area (Å²) < 4.78 is 34.0. The summed E-state index contributed by atoms with van der Waals surface area (Å²) in [6.07, 6.45) is 8.73. The number of fused-ring (bicyclic) bond motifs is 1. The molecule has 0 radical (unpaired) electrons. The van der Waals surface area contributed by atoms with Gasteiger partial charge in [-0.25, -0.2) is 13.4 Å². The minimum Gasteiger partial charge on any atom is -0.490 e. The molecule has 6 rings (SSSR count). The van der Waals surface area contributed by atoms with E-state index < -0.39 is 15.1 Å². The largest absolute Gasteiger partial charge is 0.490 e. The molecule has 4 aromatic rings. The van der Waals surface area contributed by atoms with Crippen molar-refractivity contribution in [3.63, 3.8) is 0 Å². The minimum absolute atomic E-state index is 0.00407. The summed E-state index contributed by atoms with van der Waals surface area (Å²) in [5.74, 6) is 1.39. The lowest BCUT2D eigenvalue weighted by molar-refractivity contribution is 0.162. The minimum atomic E-state index is -3.64. The van der Waals surface area contributed by atoms with Gasteiger partial charge in [0.2, 0.25) is 5.95 Å². The van der Waals surface area contributed by atoms with E-state index in [4.69, 9.17) is 9.72 Å². The fourth-order valence-corrected chi connectivity index (χ4v) is 6.53. The third kappa shape index (κ3) is 6.18. The number of ether oxygens (including phenoxy) is 1. The van der Waals surface area contributed by atoms with Crippen LogP contribution in [0.5, 0.6) is 5.75 Å².